The number of anilines is 2. The SMILES string of the molecule is CN(C)c1ncccc1NC(=O)c1cc(Cl)ccn1. The molecule has 0 spiro atoms. The number of hydrogen-bond acceptors (Lipinski definition) is 4. The first-order valence-corrected chi connectivity index (χ1v) is 6.01. The molecule has 1 N–H and O–H groups in total. The summed E-state index contributed by atoms with van der Waals surface area (Å²) in [7, 11) is 3.71. The molecule has 5 nitrogen and oxygen atoms in total. The number of rotatable bonds is 3. The smallest absolute Gasteiger partial charge is 0.274 e. The zero-order chi connectivity index (χ0) is 13.8. The van der Waals surface area contributed by atoms with Crippen molar-refractivity contribution in [3.05, 3.63) is 47.4 Å². The molecule has 6 heteroatoms. The van der Waals surface area contributed by atoms with Crippen LogP contribution in [0, 0.1) is 0 Å². The van der Waals surface area contributed by atoms with E-state index >= 15 is 0 Å². The highest BCUT2D eigenvalue weighted by molar-refractivity contribution is 6.31. The lowest BCUT2D eigenvalue weighted by Gasteiger charge is -2.16. The summed E-state index contributed by atoms with van der Waals surface area (Å²) in [4.78, 5) is 22.1. The number of aromatic nitrogens is 2. The van der Waals surface area contributed by atoms with Gasteiger partial charge in [0.15, 0.2) is 5.82 Å². The lowest BCUT2D eigenvalue weighted by atomic mass is 10.3. The standard InChI is InChI=1S/C13H13ClN4O/c1-18(2)12-10(4-3-6-16-12)17-13(19)11-8-9(14)5-7-15-11/h3-8H,1-2H3,(H,17,19). The van der Waals surface area contributed by atoms with Gasteiger partial charge in [0.05, 0.1) is 5.69 Å². The molecule has 2 rings (SSSR count). The van der Waals surface area contributed by atoms with Crippen LogP contribution < -0.4 is 10.2 Å². The minimum atomic E-state index is -0.321. The topological polar surface area (TPSA) is 58.1 Å². The van der Waals surface area contributed by atoms with Crippen LogP contribution in [0.4, 0.5) is 11.5 Å². The minimum absolute atomic E-state index is 0.265. The predicted molar refractivity (Wildman–Crippen MR) is 75.8 cm³/mol. The third-order valence-corrected chi connectivity index (χ3v) is 2.65. The van der Waals surface area contributed by atoms with Gasteiger partial charge in [-0.05, 0) is 24.3 Å². The molecule has 1 amide bonds. The van der Waals surface area contributed by atoms with Crippen molar-refractivity contribution in [1.29, 1.82) is 0 Å². The van der Waals surface area contributed by atoms with E-state index in [4.69, 9.17) is 11.6 Å². The number of nitrogens with zero attached hydrogens (tertiary/aromatic N) is 3. The molecule has 0 aliphatic heterocycles. The molecular formula is C13H13ClN4O. The number of amides is 1. The van der Waals surface area contributed by atoms with Crippen LogP contribution in [0.15, 0.2) is 36.7 Å². The molecule has 0 atom stereocenters. The number of nitrogens with one attached hydrogen (secondary N) is 1. The number of hydrogen-bond donors (Lipinski definition) is 1. The average Bonchev–Trinajstić information content (AvgIpc) is 2.39. The van der Waals surface area contributed by atoms with Crippen molar-refractivity contribution >= 4 is 29.0 Å². The highest BCUT2D eigenvalue weighted by Gasteiger charge is 2.12. The predicted octanol–water partition coefficient (Wildman–Crippen LogP) is 2.45. The van der Waals surface area contributed by atoms with Crippen molar-refractivity contribution in [3.63, 3.8) is 0 Å². The lowest BCUT2D eigenvalue weighted by Crippen LogP contribution is -2.18. The van der Waals surface area contributed by atoms with E-state index < -0.39 is 0 Å². The summed E-state index contributed by atoms with van der Waals surface area (Å²) >= 11 is 5.83. The van der Waals surface area contributed by atoms with Crippen LogP contribution in [0.2, 0.25) is 5.02 Å². The number of carbonyl (C=O) groups excluding carboxylic acids is 1. The summed E-state index contributed by atoms with van der Waals surface area (Å²) in [6.07, 6.45) is 3.16. The van der Waals surface area contributed by atoms with Crippen molar-refractivity contribution in [2.45, 2.75) is 0 Å². The molecule has 0 aliphatic rings. The van der Waals surface area contributed by atoms with Gasteiger partial charge >= 0.3 is 0 Å². The van der Waals surface area contributed by atoms with Crippen LogP contribution in [0.25, 0.3) is 0 Å². The Hall–Kier alpha value is -2.14. The molecule has 0 bridgehead atoms. The molecule has 98 valence electrons. The Kier molecular flexibility index (Phi) is 3.97. The summed E-state index contributed by atoms with van der Waals surface area (Å²) in [6, 6.07) is 6.68. The van der Waals surface area contributed by atoms with Gasteiger partial charge in [0.1, 0.15) is 5.69 Å². The molecule has 2 heterocycles. The van der Waals surface area contributed by atoms with Crippen molar-refractivity contribution in [1.82, 2.24) is 9.97 Å². The third kappa shape index (κ3) is 3.20. The van der Waals surface area contributed by atoms with Crippen molar-refractivity contribution in [2.75, 3.05) is 24.3 Å². The molecule has 0 radical (unpaired) electrons. The second-order valence-electron chi connectivity index (χ2n) is 4.08. The van der Waals surface area contributed by atoms with Gasteiger partial charge in [-0.25, -0.2) is 4.98 Å². The molecule has 2 aromatic heterocycles. The Morgan fingerprint density at radius 2 is 2.05 bits per heavy atom. The van der Waals surface area contributed by atoms with Crippen LogP contribution in [0.1, 0.15) is 10.5 Å². The van der Waals surface area contributed by atoms with E-state index in [0.717, 1.165) is 0 Å². The van der Waals surface area contributed by atoms with Crippen molar-refractivity contribution in [3.8, 4) is 0 Å². The van der Waals surface area contributed by atoms with Gasteiger partial charge in [-0.15, -0.1) is 0 Å². The molecule has 2 aromatic rings. The van der Waals surface area contributed by atoms with Crippen LogP contribution in [0.5, 0.6) is 0 Å². The molecule has 0 saturated carbocycles. The Labute approximate surface area is 116 Å². The number of halogens is 1. The number of pyridine rings is 2. The van der Waals surface area contributed by atoms with E-state index in [1.165, 1.54) is 12.3 Å². The second-order valence-corrected chi connectivity index (χ2v) is 4.52. The van der Waals surface area contributed by atoms with E-state index in [2.05, 4.69) is 15.3 Å². The fourth-order valence-electron chi connectivity index (χ4n) is 1.57. The van der Waals surface area contributed by atoms with Gasteiger partial charge < -0.3 is 10.2 Å². The fraction of sp³-hybridized carbons (Fsp3) is 0.154. The van der Waals surface area contributed by atoms with E-state index in [1.807, 2.05) is 19.0 Å². The molecule has 0 aromatic carbocycles. The van der Waals surface area contributed by atoms with Gasteiger partial charge in [-0.2, -0.15) is 0 Å². The molecule has 19 heavy (non-hydrogen) atoms. The largest absolute Gasteiger partial charge is 0.361 e. The maximum absolute atomic E-state index is 12.1. The van der Waals surface area contributed by atoms with Crippen LogP contribution >= 0.6 is 11.6 Å². The monoisotopic (exact) mass is 276 g/mol. The quantitative estimate of drug-likeness (QED) is 0.935. The Balaban J connectivity index is 2.24. The van der Waals surface area contributed by atoms with Crippen LogP contribution in [-0.2, 0) is 0 Å². The summed E-state index contributed by atoms with van der Waals surface area (Å²) in [5.74, 6) is 0.358. The van der Waals surface area contributed by atoms with Crippen LogP contribution in [0.3, 0.4) is 0 Å². The second kappa shape index (κ2) is 5.67. The maximum atomic E-state index is 12.1. The normalized spacial score (nSPS) is 10.1. The summed E-state index contributed by atoms with van der Waals surface area (Å²) in [6.45, 7) is 0. The lowest BCUT2D eigenvalue weighted by molar-refractivity contribution is 0.102. The van der Waals surface area contributed by atoms with E-state index in [0.29, 0.717) is 16.5 Å². The van der Waals surface area contributed by atoms with Gasteiger partial charge in [-0.3, -0.25) is 9.78 Å². The van der Waals surface area contributed by atoms with E-state index in [-0.39, 0.29) is 11.6 Å². The van der Waals surface area contributed by atoms with Gasteiger partial charge in [0.2, 0.25) is 0 Å². The molecule has 0 fully saturated rings. The Morgan fingerprint density at radius 1 is 1.26 bits per heavy atom. The highest BCUT2D eigenvalue weighted by atomic mass is 35.5. The Bertz CT molecular complexity index is 601. The van der Waals surface area contributed by atoms with Gasteiger partial charge in [0.25, 0.3) is 5.91 Å². The summed E-state index contributed by atoms with van der Waals surface area (Å²) < 4.78 is 0. The van der Waals surface area contributed by atoms with Crippen molar-refractivity contribution < 1.29 is 4.79 Å². The molecule has 0 aliphatic carbocycles. The fourth-order valence-corrected chi connectivity index (χ4v) is 1.73. The Morgan fingerprint density at radius 3 is 2.74 bits per heavy atom. The van der Waals surface area contributed by atoms with Gasteiger partial charge in [-0.1, -0.05) is 11.6 Å². The maximum Gasteiger partial charge on any atom is 0.274 e. The minimum Gasteiger partial charge on any atom is -0.361 e. The zero-order valence-electron chi connectivity index (χ0n) is 10.6. The average molecular weight is 277 g/mol. The first-order valence-electron chi connectivity index (χ1n) is 5.63. The molecular weight excluding hydrogens is 264 g/mol. The van der Waals surface area contributed by atoms with E-state index in [1.54, 1.807) is 24.4 Å². The first kappa shape index (κ1) is 13.3. The third-order valence-electron chi connectivity index (χ3n) is 2.41. The highest BCUT2D eigenvalue weighted by Crippen LogP contribution is 2.21. The summed E-state index contributed by atoms with van der Waals surface area (Å²) in [5, 5.41) is 3.24. The van der Waals surface area contributed by atoms with Gasteiger partial charge in [0, 0.05) is 31.5 Å². The van der Waals surface area contributed by atoms with E-state index in [9.17, 15) is 4.79 Å². The first-order chi connectivity index (χ1) is 9.08. The molecule has 0 saturated heterocycles. The van der Waals surface area contributed by atoms with Crippen molar-refractivity contribution in [2.24, 2.45) is 0 Å². The number of carbonyl (C=O) groups is 1. The zero-order valence-corrected chi connectivity index (χ0v) is 11.3. The summed E-state index contributed by atoms with van der Waals surface area (Å²) in [5.41, 5.74) is 0.889. The van der Waals surface area contributed by atoms with Crippen LogP contribution in [-0.4, -0.2) is 30.0 Å². The molecule has 0 unspecified atom stereocenters.